The first-order valence-corrected chi connectivity index (χ1v) is 7.39. The minimum absolute atomic E-state index is 0.0756. The van der Waals surface area contributed by atoms with Crippen LogP contribution in [-0.2, 0) is 9.53 Å². The number of hydrogen-bond donors (Lipinski definition) is 1. The second-order valence-electron chi connectivity index (χ2n) is 5.90. The zero-order valence-electron chi connectivity index (χ0n) is 12.6. The lowest BCUT2D eigenvalue weighted by Crippen LogP contribution is -2.49. The molecule has 2 rings (SSSR count). The molecule has 1 amide bonds. The first-order chi connectivity index (χ1) is 9.99. The van der Waals surface area contributed by atoms with Gasteiger partial charge < -0.3 is 15.4 Å². The standard InChI is InChI=1S/C16H23FN2O2/c1-11(2)9-14(18)16(20)19-7-8-21-15(10-19)12-5-3-4-6-13(12)17/h3-6,11,14-15H,7-10,18H2,1-2H3/t14-,15?/m0/s1. The zero-order valence-corrected chi connectivity index (χ0v) is 12.6. The molecule has 116 valence electrons. The Hall–Kier alpha value is -1.46. The van der Waals surface area contributed by atoms with Crippen LogP contribution in [0, 0.1) is 11.7 Å². The topological polar surface area (TPSA) is 55.6 Å². The lowest BCUT2D eigenvalue weighted by Gasteiger charge is -2.35. The molecule has 1 aliphatic heterocycles. The molecule has 0 radical (unpaired) electrons. The number of ether oxygens (including phenoxy) is 1. The van der Waals surface area contributed by atoms with E-state index in [1.807, 2.05) is 13.8 Å². The third-order valence-electron chi connectivity index (χ3n) is 3.67. The van der Waals surface area contributed by atoms with E-state index in [2.05, 4.69) is 0 Å². The molecule has 0 bridgehead atoms. The van der Waals surface area contributed by atoms with Crippen LogP contribution in [0.15, 0.2) is 24.3 Å². The summed E-state index contributed by atoms with van der Waals surface area (Å²) in [6, 6.07) is 6.02. The van der Waals surface area contributed by atoms with Crippen molar-refractivity contribution < 1.29 is 13.9 Å². The molecule has 0 aliphatic carbocycles. The summed E-state index contributed by atoms with van der Waals surface area (Å²) < 4.78 is 19.4. The predicted octanol–water partition coefficient (Wildman–Crippen LogP) is 2.10. The Balaban J connectivity index is 2.04. The molecule has 1 unspecified atom stereocenters. The van der Waals surface area contributed by atoms with Crippen molar-refractivity contribution in [2.45, 2.75) is 32.4 Å². The highest BCUT2D eigenvalue weighted by molar-refractivity contribution is 5.81. The molecular formula is C16H23FN2O2. The van der Waals surface area contributed by atoms with Crippen LogP contribution >= 0.6 is 0 Å². The van der Waals surface area contributed by atoms with Crippen LogP contribution in [-0.4, -0.2) is 36.5 Å². The maximum atomic E-state index is 13.8. The molecule has 1 fully saturated rings. The van der Waals surface area contributed by atoms with Crippen LogP contribution in [0.5, 0.6) is 0 Å². The molecule has 1 aromatic carbocycles. The van der Waals surface area contributed by atoms with Gasteiger partial charge in [0.05, 0.1) is 19.2 Å². The van der Waals surface area contributed by atoms with Gasteiger partial charge in [0.1, 0.15) is 11.9 Å². The van der Waals surface area contributed by atoms with Gasteiger partial charge in [-0.05, 0) is 18.4 Å². The molecule has 2 N–H and O–H groups in total. The SMILES string of the molecule is CC(C)C[C@H](N)C(=O)N1CCOC(c2ccccc2F)C1. The summed E-state index contributed by atoms with van der Waals surface area (Å²) in [6.45, 7) is 5.34. The smallest absolute Gasteiger partial charge is 0.239 e. The number of carbonyl (C=O) groups is 1. The lowest BCUT2D eigenvalue weighted by molar-refractivity contribution is -0.140. The van der Waals surface area contributed by atoms with Gasteiger partial charge in [-0.15, -0.1) is 0 Å². The Labute approximate surface area is 125 Å². The number of rotatable bonds is 4. The molecule has 0 aromatic heterocycles. The summed E-state index contributed by atoms with van der Waals surface area (Å²) in [6.07, 6.45) is 0.232. The van der Waals surface area contributed by atoms with E-state index >= 15 is 0 Å². The first kappa shape index (κ1) is 15.9. The van der Waals surface area contributed by atoms with Crippen molar-refractivity contribution in [3.63, 3.8) is 0 Å². The highest BCUT2D eigenvalue weighted by Crippen LogP contribution is 2.25. The average Bonchev–Trinajstić information content (AvgIpc) is 2.46. The van der Waals surface area contributed by atoms with E-state index in [-0.39, 0.29) is 11.7 Å². The summed E-state index contributed by atoms with van der Waals surface area (Å²) in [4.78, 5) is 14.0. The van der Waals surface area contributed by atoms with Crippen molar-refractivity contribution in [2.75, 3.05) is 19.7 Å². The van der Waals surface area contributed by atoms with E-state index in [1.165, 1.54) is 6.07 Å². The van der Waals surface area contributed by atoms with Gasteiger partial charge in [-0.1, -0.05) is 32.0 Å². The lowest BCUT2D eigenvalue weighted by atomic mass is 10.0. The molecule has 1 heterocycles. The van der Waals surface area contributed by atoms with Gasteiger partial charge in [-0.2, -0.15) is 0 Å². The summed E-state index contributed by atoms with van der Waals surface area (Å²) in [5.74, 6) is -0.0102. The Kier molecular flexibility index (Phi) is 5.31. The van der Waals surface area contributed by atoms with Crippen molar-refractivity contribution in [3.8, 4) is 0 Å². The van der Waals surface area contributed by atoms with E-state index in [1.54, 1.807) is 23.1 Å². The molecule has 21 heavy (non-hydrogen) atoms. The largest absolute Gasteiger partial charge is 0.370 e. The number of morpholine rings is 1. The molecule has 1 saturated heterocycles. The van der Waals surface area contributed by atoms with Crippen molar-refractivity contribution in [1.82, 2.24) is 4.90 Å². The Morgan fingerprint density at radius 1 is 1.48 bits per heavy atom. The second-order valence-corrected chi connectivity index (χ2v) is 5.90. The minimum Gasteiger partial charge on any atom is -0.370 e. The van der Waals surface area contributed by atoms with Gasteiger partial charge in [0.15, 0.2) is 0 Å². The van der Waals surface area contributed by atoms with Gasteiger partial charge in [-0.25, -0.2) is 4.39 Å². The van der Waals surface area contributed by atoms with Crippen molar-refractivity contribution in [2.24, 2.45) is 11.7 Å². The van der Waals surface area contributed by atoms with Gasteiger partial charge in [0.2, 0.25) is 5.91 Å². The van der Waals surface area contributed by atoms with E-state index in [0.29, 0.717) is 37.6 Å². The van der Waals surface area contributed by atoms with Crippen molar-refractivity contribution in [3.05, 3.63) is 35.6 Å². The van der Waals surface area contributed by atoms with Crippen molar-refractivity contribution >= 4 is 5.91 Å². The monoisotopic (exact) mass is 294 g/mol. The molecule has 5 heteroatoms. The number of nitrogens with zero attached hydrogens (tertiary/aromatic N) is 1. The van der Waals surface area contributed by atoms with Gasteiger partial charge >= 0.3 is 0 Å². The highest BCUT2D eigenvalue weighted by atomic mass is 19.1. The summed E-state index contributed by atoms with van der Waals surface area (Å²) in [5, 5.41) is 0. The molecule has 1 aliphatic rings. The van der Waals surface area contributed by atoms with Crippen LogP contribution in [0.3, 0.4) is 0 Å². The van der Waals surface area contributed by atoms with Crippen LogP contribution in [0.1, 0.15) is 31.9 Å². The number of hydrogen-bond acceptors (Lipinski definition) is 3. The van der Waals surface area contributed by atoms with E-state index in [9.17, 15) is 9.18 Å². The van der Waals surface area contributed by atoms with E-state index < -0.39 is 12.1 Å². The number of nitrogens with two attached hydrogens (primary N) is 1. The van der Waals surface area contributed by atoms with Crippen LogP contribution in [0.2, 0.25) is 0 Å². The molecule has 4 nitrogen and oxygen atoms in total. The van der Waals surface area contributed by atoms with Crippen LogP contribution in [0.4, 0.5) is 4.39 Å². The van der Waals surface area contributed by atoms with Gasteiger partial charge in [-0.3, -0.25) is 4.79 Å². The molecule has 0 spiro atoms. The highest BCUT2D eigenvalue weighted by Gasteiger charge is 2.29. The fourth-order valence-electron chi connectivity index (χ4n) is 2.62. The normalized spacial score (nSPS) is 20.6. The summed E-state index contributed by atoms with van der Waals surface area (Å²) in [7, 11) is 0. The molecule has 1 aromatic rings. The quantitative estimate of drug-likeness (QED) is 0.925. The molecular weight excluding hydrogens is 271 g/mol. The number of carbonyl (C=O) groups excluding carboxylic acids is 1. The number of halogens is 1. The Morgan fingerprint density at radius 3 is 2.86 bits per heavy atom. The van der Waals surface area contributed by atoms with Crippen molar-refractivity contribution in [1.29, 1.82) is 0 Å². The third kappa shape index (κ3) is 4.02. The molecule has 0 saturated carbocycles. The third-order valence-corrected chi connectivity index (χ3v) is 3.67. The molecule has 2 atom stereocenters. The summed E-state index contributed by atoms with van der Waals surface area (Å²) >= 11 is 0. The fourth-order valence-corrected chi connectivity index (χ4v) is 2.62. The predicted molar refractivity (Wildman–Crippen MR) is 79.1 cm³/mol. The number of benzene rings is 1. The Bertz CT molecular complexity index is 493. The Morgan fingerprint density at radius 2 is 2.19 bits per heavy atom. The second kappa shape index (κ2) is 7.00. The maximum absolute atomic E-state index is 13.8. The minimum atomic E-state index is -0.496. The van der Waals surface area contributed by atoms with E-state index in [4.69, 9.17) is 10.5 Å². The first-order valence-electron chi connectivity index (χ1n) is 7.39. The van der Waals surface area contributed by atoms with Gasteiger partial charge in [0, 0.05) is 12.1 Å². The maximum Gasteiger partial charge on any atom is 0.239 e. The zero-order chi connectivity index (χ0) is 15.4. The van der Waals surface area contributed by atoms with Crippen LogP contribution in [0.25, 0.3) is 0 Å². The van der Waals surface area contributed by atoms with Gasteiger partial charge in [0.25, 0.3) is 0 Å². The fraction of sp³-hybridized carbons (Fsp3) is 0.562. The number of amides is 1. The van der Waals surface area contributed by atoms with E-state index in [0.717, 1.165) is 0 Å². The average molecular weight is 294 g/mol. The summed E-state index contributed by atoms with van der Waals surface area (Å²) in [5.41, 5.74) is 6.45. The van der Waals surface area contributed by atoms with Crippen LogP contribution < -0.4 is 5.73 Å².